The summed E-state index contributed by atoms with van der Waals surface area (Å²) >= 11 is 0. The van der Waals surface area contributed by atoms with Gasteiger partial charge in [0, 0.05) is 31.5 Å². The second-order valence-corrected chi connectivity index (χ2v) is 5.83. The van der Waals surface area contributed by atoms with E-state index in [0.29, 0.717) is 32.7 Å². The Hall–Kier alpha value is -1.10. The molecule has 1 aliphatic carbocycles. The first kappa shape index (κ1) is 12.0. The molecule has 1 N–H and O–H groups in total. The van der Waals surface area contributed by atoms with Crippen molar-refractivity contribution in [1.29, 1.82) is 0 Å². The molecule has 3 fully saturated rings. The fourth-order valence-corrected chi connectivity index (χ4v) is 3.38. The third-order valence-electron chi connectivity index (χ3n) is 4.90. The van der Waals surface area contributed by atoms with Gasteiger partial charge in [-0.1, -0.05) is 6.42 Å². The first-order valence-corrected chi connectivity index (χ1v) is 6.73. The molecule has 2 aliphatic heterocycles. The Morgan fingerprint density at radius 3 is 2.67 bits per heavy atom. The van der Waals surface area contributed by atoms with Gasteiger partial charge in [0.05, 0.1) is 12.0 Å². The molecule has 5 heteroatoms. The molecule has 0 aromatic carbocycles. The molecule has 5 nitrogen and oxygen atoms in total. The van der Waals surface area contributed by atoms with Gasteiger partial charge in [0.1, 0.15) is 0 Å². The van der Waals surface area contributed by atoms with Gasteiger partial charge in [-0.05, 0) is 19.3 Å². The number of carboxylic acids is 1. The van der Waals surface area contributed by atoms with Crippen molar-refractivity contribution in [2.45, 2.75) is 25.7 Å². The van der Waals surface area contributed by atoms with Gasteiger partial charge in [0.25, 0.3) is 0 Å². The molecule has 1 saturated carbocycles. The van der Waals surface area contributed by atoms with Crippen LogP contribution in [0.1, 0.15) is 25.7 Å². The quantitative estimate of drug-likeness (QED) is 0.788. The molecule has 100 valence electrons. The highest BCUT2D eigenvalue weighted by Crippen LogP contribution is 2.43. The maximum Gasteiger partial charge on any atom is 0.311 e. The number of hydrogen-bond donors (Lipinski definition) is 1. The first-order valence-electron chi connectivity index (χ1n) is 6.73. The normalized spacial score (nSPS) is 36.0. The molecule has 3 rings (SSSR count). The van der Waals surface area contributed by atoms with E-state index in [4.69, 9.17) is 4.74 Å². The number of ether oxygens (including phenoxy) is 1. The molecule has 0 spiro atoms. The fraction of sp³-hybridized carbons (Fsp3) is 0.846. The van der Waals surface area contributed by atoms with Crippen molar-refractivity contribution >= 4 is 11.9 Å². The molecule has 3 aliphatic rings. The van der Waals surface area contributed by atoms with E-state index in [9.17, 15) is 14.7 Å². The minimum atomic E-state index is -0.764. The number of amides is 1. The van der Waals surface area contributed by atoms with E-state index in [-0.39, 0.29) is 17.7 Å². The lowest BCUT2D eigenvalue weighted by Crippen LogP contribution is -2.45. The largest absolute Gasteiger partial charge is 0.481 e. The van der Waals surface area contributed by atoms with Crippen molar-refractivity contribution in [3.63, 3.8) is 0 Å². The van der Waals surface area contributed by atoms with Crippen molar-refractivity contribution in [3.8, 4) is 0 Å². The summed E-state index contributed by atoms with van der Waals surface area (Å²) in [5.41, 5.74) is -0.752. The van der Waals surface area contributed by atoms with E-state index < -0.39 is 11.4 Å². The standard InChI is InChI=1S/C13H19NO4/c15-11(9-2-1-3-9)14-6-10-7-18-5-4-13(10,8-14)12(16)17/h9-10H,1-8H2,(H,16,17)/t10-,13+/m0/s1. The topological polar surface area (TPSA) is 66.8 Å². The molecule has 0 aromatic heterocycles. The summed E-state index contributed by atoms with van der Waals surface area (Å²) in [6.07, 6.45) is 3.59. The summed E-state index contributed by atoms with van der Waals surface area (Å²) in [6.45, 7) is 1.91. The number of likely N-dealkylation sites (tertiary alicyclic amines) is 1. The Kier molecular flexibility index (Phi) is 2.81. The van der Waals surface area contributed by atoms with Crippen LogP contribution in [0.2, 0.25) is 0 Å². The van der Waals surface area contributed by atoms with Gasteiger partial charge in [0.15, 0.2) is 0 Å². The van der Waals surface area contributed by atoms with Gasteiger partial charge in [-0.3, -0.25) is 9.59 Å². The Morgan fingerprint density at radius 2 is 2.11 bits per heavy atom. The minimum Gasteiger partial charge on any atom is -0.481 e. The van der Waals surface area contributed by atoms with Gasteiger partial charge in [-0.25, -0.2) is 0 Å². The van der Waals surface area contributed by atoms with Gasteiger partial charge < -0.3 is 14.7 Å². The van der Waals surface area contributed by atoms with Crippen molar-refractivity contribution < 1.29 is 19.4 Å². The average molecular weight is 253 g/mol. The van der Waals surface area contributed by atoms with E-state index >= 15 is 0 Å². The second kappa shape index (κ2) is 4.23. The second-order valence-electron chi connectivity index (χ2n) is 5.83. The van der Waals surface area contributed by atoms with Crippen LogP contribution in [0.15, 0.2) is 0 Å². The predicted molar refractivity (Wildman–Crippen MR) is 62.9 cm³/mol. The lowest BCUT2D eigenvalue weighted by Gasteiger charge is -2.34. The zero-order chi connectivity index (χ0) is 12.8. The number of fused-ring (bicyclic) bond motifs is 1. The van der Waals surface area contributed by atoms with Crippen molar-refractivity contribution in [2.75, 3.05) is 26.3 Å². The molecule has 0 aromatic rings. The predicted octanol–water partition coefficient (Wildman–Crippen LogP) is 0.736. The highest BCUT2D eigenvalue weighted by Gasteiger charge is 2.55. The lowest BCUT2D eigenvalue weighted by molar-refractivity contribution is -0.157. The van der Waals surface area contributed by atoms with Crippen LogP contribution >= 0.6 is 0 Å². The van der Waals surface area contributed by atoms with Crippen LogP contribution in [0.4, 0.5) is 0 Å². The number of aliphatic carboxylic acids is 1. The maximum absolute atomic E-state index is 12.2. The first-order chi connectivity index (χ1) is 8.63. The van der Waals surface area contributed by atoms with E-state index in [1.54, 1.807) is 4.90 Å². The highest BCUT2D eigenvalue weighted by atomic mass is 16.5. The third-order valence-corrected chi connectivity index (χ3v) is 4.90. The Balaban J connectivity index is 1.77. The summed E-state index contributed by atoms with van der Waals surface area (Å²) in [4.78, 5) is 25.6. The van der Waals surface area contributed by atoms with Crippen LogP contribution in [-0.2, 0) is 14.3 Å². The summed E-state index contributed by atoms with van der Waals surface area (Å²) in [5.74, 6) is -0.485. The summed E-state index contributed by atoms with van der Waals surface area (Å²) in [5, 5.41) is 9.51. The number of carbonyl (C=O) groups excluding carboxylic acids is 1. The smallest absolute Gasteiger partial charge is 0.311 e. The van der Waals surface area contributed by atoms with E-state index in [0.717, 1.165) is 19.3 Å². The Bertz CT molecular complexity index is 379. The molecule has 2 saturated heterocycles. The molecule has 2 heterocycles. The minimum absolute atomic E-state index is 0.0345. The molecule has 1 amide bonds. The summed E-state index contributed by atoms with van der Waals surface area (Å²) in [7, 11) is 0. The SMILES string of the molecule is O=C(C1CCC1)N1C[C@H]2COCC[C@@]2(C(=O)O)C1. The van der Waals surface area contributed by atoms with Crippen LogP contribution in [-0.4, -0.2) is 48.2 Å². The molecule has 0 bridgehead atoms. The molecular weight excluding hydrogens is 234 g/mol. The summed E-state index contributed by atoms with van der Waals surface area (Å²) < 4.78 is 5.39. The van der Waals surface area contributed by atoms with E-state index in [1.807, 2.05) is 0 Å². The Labute approximate surface area is 106 Å². The van der Waals surface area contributed by atoms with Gasteiger partial charge in [0.2, 0.25) is 5.91 Å². The number of carbonyl (C=O) groups is 2. The number of carboxylic acid groups (broad SMARTS) is 1. The Morgan fingerprint density at radius 1 is 1.33 bits per heavy atom. The van der Waals surface area contributed by atoms with Crippen LogP contribution < -0.4 is 0 Å². The van der Waals surface area contributed by atoms with Gasteiger partial charge >= 0.3 is 5.97 Å². The third kappa shape index (κ3) is 1.64. The zero-order valence-corrected chi connectivity index (χ0v) is 10.4. The number of rotatable bonds is 2. The lowest BCUT2D eigenvalue weighted by atomic mass is 9.74. The monoisotopic (exact) mass is 253 g/mol. The molecule has 2 atom stereocenters. The zero-order valence-electron chi connectivity index (χ0n) is 10.4. The van der Waals surface area contributed by atoms with Crippen molar-refractivity contribution in [1.82, 2.24) is 4.90 Å². The van der Waals surface area contributed by atoms with Crippen LogP contribution in [0, 0.1) is 17.3 Å². The fourth-order valence-electron chi connectivity index (χ4n) is 3.38. The van der Waals surface area contributed by atoms with Crippen LogP contribution in [0.3, 0.4) is 0 Å². The molecule has 0 unspecified atom stereocenters. The van der Waals surface area contributed by atoms with Crippen molar-refractivity contribution in [2.24, 2.45) is 17.3 Å². The summed E-state index contributed by atoms with van der Waals surface area (Å²) in [6, 6.07) is 0. The van der Waals surface area contributed by atoms with Crippen molar-refractivity contribution in [3.05, 3.63) is 0 Å². The van der Waals surface area contributed by atoms with Gasteiger partial charge in [-0.2, -0.15) is 0 Å². The molecular formula is C13H19NO4. The van der Waals surface area contributed by atoms with E-state index in [1.165, 1.54) is 0 Å². The van der Waals surface area contributed by atoms with Gasteiger partial charge in [-0.15, -0.1) is 0 Å². The number of nitrogens with zero attached hydrogens (tertiary/aromatic N) is 1. The number of hydrogen-bond acceptors (Lipinski definition) is 3. The van der Waals surface area contributed by atoms with Crippen LogP contribution in [0.25, 0.3) is 0 Å². The molecule has 18 heavy (non-hydrogen) atoms. The maximum atomic E-state index is 12.2. The molecule has 0 radical (unpaired) electrons. The van der Waals surface area contributed by atoms with E-state index in [2.05, 4.69) is 0 Å². The average Bonchev–Trinajstić information content (AvgIpc) is 2.67. The highest BCUT2D eigenvalue weighted by molar-refractivity contribution is 5.83. The van der Waals surface area contributed by atoms with Crippen LogP contribution in [0.5, 0.6) is 0 Å².